The summed E-state index contributed by atoms with van der Waals surface area (Å²) in [6.45, 7) is 4.72. The summed E-state index contributed by atoms with van der Waals surface area (Å²) in [5.74, 6) is 3.66. The highest BCUT2D eigenvalue weighted by Crippen LogP contribution is 2.20. The average molecular weight is 340 g/mol. The highest BCUT2D eigenvalue weighted by atomic mass is 16.2. The maximum absolute atomic E-state index is 11.9. The van der Waals surface area contributed by atoms with E-state index in [0.29, 0.717) is 6.42 Å². The molecule has 3 aromatic rings. The highest BCUT2D eigenvalue weighted by molar-refractivity contribution is 5.94. The number of H-pyrrole nitrogens is 1. The first-order valence-corrected chi connectivity index (χ1v) is 8.58. The minimum absolute atomic E-state index is 0.164. The van der Waals surface area contributed by atoms with E-state index in [9.17, 15) is 4.79 Å². The van der Waals surface area contributed by atoms with Crippen molar-refractivity contribution in [1.29, 1.82) is 0 Å². The monoisotopic (exact) mass is 340 g/mol. The zero-order chi connectivity index (χ0) is 17.6. The van der Waals surface area contributed by atoms with Gasteiger partial charge in [0, 0.05) is 46.0 Å². The Hall–Kier alpha value is -2.77. The fraction of sp³-hybridized carbons (Fsp3) is 0.471. The standard InChI is InChI=1S/C17H21N7O/c1-11-9-18-12(2)24-17(11)19-13(21-24)6-7-14-20-15(10-22(14)3)23-8-4-5-16(23)25/h9-10H,4-8H2,1-3H3/p+1. The van der Waals surface area contributed by atoms with E-state index in [4.69, 9.17) is 0 Å². The minimum Gasteiger partial charge on any atom is -0.336 e. The van der Waals surface area contributed by atoms with Crippen molar-refractivity contribution >= 4 is 17.4 Å². The van der Waals surface area contributed by atoms with E-state index in [2.05, 4.69) is 20.1 Å². The van der Waals surface area contributed by atoms with Crippen LogP contribution in [-0.2, 0) is 24.7 Å². The zero-order valence-electron chi connectivity index (χ0n) is 14.8. The molecule has 0 unspecified atom stereocenters. The van der Waals surface area contributed by atoms with Crippen molar-refractivity contribution in [2.75, 3.05) is 11.4 Å². The number of amides is 1. The van der Waals surface area contributed by atoms with Crippen LogP contribution < -0.4 is 9.42 Å². The Bertz CT molecular complexity index is 916. The summed E-state index contributed by atoms with van der Waals surface area (Å²) in [4.78, 5) is 27.3. The first kappa shape index (κ1) is 15.7. The SMILES string of the molecule is Cc1cnc(C)[n+]2[nH]c(CCc3nc(N4CCCC4=O)cn3C)nc12. The highest BCUT2D eigenvalue weighted by Gasteiger charge is 2.24. The number of nitrogens with one attached hydrogen (secondary N) is 1. The summed E-state index contributed by atoms with van der Waals surface area (Å²) in [6.07, 6.45) is 6.81. The lowest BCUT2D eigenvalue weighted by molar-refractivity contribution is -0.589. The molecule has 0 spiro atoms. The molecule has 4 heterocycles. The Morgan fingerprint density at radius 2 is 2.12 bits per heavy atom. The van der Waals surface area contributed by atoms with Gasteiger partial charge in [-0.05, 0) is 13.3 Å². The second-order valence-corrected chi connectivity index (χ2v) is 6.59. The zero-order valence-corrected chi connectivity index (χ0v) is 14.8. The quantitative estimate of drug-likeness (QED) is 0.712. The molecular formula is C17H22N7O+. The number of aromatic amines is 1. The second kappa shape index (κ2) is 5.94. The molecule has 3 aromatic heterocycles. The Morgan fingerprint density at radius 3 is 2.84 bits per heavy atom. The Balaban J connectivity index is 1.54. The number of imidazole rings is 1. The van der Waals surface area contributed by atoms with Gasteiger partial charge in [-0.1, -0.05) is 4.98 Å². The van der Waals surface area contributed by atoms with E-state index in [0.717, 1.165) is 60.3 Å². The van der Waals surface area contributed by atoms with E-state index in [1.165, 1.54) is 0 Å². The molecule has 130 valence electrons. The lowest BCUT2D eigenvalue weighted by atomic mass is 10.3. The largest absolute Gasteiger partial charge is 0.336 e. The number of aromatic nitrogens is 6. The van der Waals surface area contributed by atoms with Gasteiger partial charge in [0.1, 0.15) is 12.0 Å². The molecule has 1 amide bonds. The number of nitrogens with zero attached hydrogens (tertiary/aromatic N) is 6. The second-order valence-electron chi connectivity index (χ2n) is 6.59. The first-order chi connectivity index (χ1) is 12.0. The number of carbonyl (C=O) groups is 1. The van der Waals surface area contributed by atoms with Gasteiger partial charge in [-0.25, -0.2) is 10.1 Å². The molecule has 1 saturated heterocycles. The lowest BCUT2D eigenvalue weighted by Gasteiger charge is -2.10. The molecular weight excluding hydrogens is 318 g/mol. The van der Waals surface area contributed by atoms with Crippen LogP contribution in [0.25, 0.3) is 5.65 Å². The molecule has 1 aliphatic rings. The first-order valence-electron chi connectivity index (χ1n) is 8.58. The van der Waals surface area contributed by atoms with Gasteiger partial charge in [0.2, 0.25) is 11.7 Å². The smallest absolute Gasteiger partial charge is 0.292 e. The van der Waals surface area contributed by atoms with Gasteiger partial charge in [-0.3, -0.25) is 9.69 Å². The van der Waals surface area contributed by atoms with E-state index < -0.39 is 0 Å². The van der Waals surface area contributed by atoms with Gasteiger partial charge in [-0.15, -0.1) is 9.50 Å². The molecule has 0 atom stereocenters. The van der Waals surface area contributed by atoms with Gasteiger partial charge in [-0.2, -0.15) is 0 Å². The van der Waals surface area contributed by atoms with Gasteiger partial charge in [0.05, 0.1) is 5.56 Å². The summed E-state index contributed by atoms with van der Waals surface area (Å²) in [5, 5.41) is 3.30. The number of carbonyl (C=O) groups excluding carboxylic acids is 1. The van der Waals surface area contributed by atoms with Crippen LogP contribution >= 0.6 is 0 Å². The van der Waals surface area contributed by atoms with Crippen LogP contribution in [0, 0.1) is 13.8 Å². The maximum atomic E-state index is 11.9. The van der Waals surface area contributed by atoms with Crippen molar-refractivity contribution in [3.8, 4) is 0 Å². The van der Waals surface area contributed by atoms with Gasteiger partial charge < -0.3 is 4.57 Å². The van der Waals surface area contributed by atoms with E-state index >= 15 is 0 Å². The molecule has 8 heteroatoms. The number of aryl methyl sites for hydroxylation is 5. The molecule has 4 rings (SSSR count). The van der Waals surface area contributed by atoms with Crippen molar-refractivity contribution in [2.24, 2.45) is 7.05 Å². The van der Waals surface area contributed by atoms with Crippen LogP contribution in [0.4, 0.5) is 5.82 Å². The Kier molecular flexibility index (Phi) is 3.74. The van der Waals surface area contributed by atoms with Crippen molar-refractivity contribution in [1.82, 2.24) is 24.6 Å². The fourth-order valence-corrected chi connectivity index (χ4v) is 3.27. The van der Waals surface area contributed by atoms with Crippen LogP contribution in [0.5, 0.6) is 0 Å². The maximum Gasteiger partial charge on any atom is 0.292 e. The molecule has 1 N–H and O–H groups in total. The number of fused-ring (bicyclic) bond motifs is 1. The third-order valence-electron chi connectivity index (χ3n) is 4.71. The van der Waals surface area contributed by atoms with Crippen LogP contribution in [-0.4, -0.2) is 37.1 Å². The minimum atomic E-state index is 0.164. The number of hydrogen-bond acceptors (Lipinski definition) is 4. The number of hydrogen-bond donors (Lipinski definition) is 1. The summed E-state index contributed by atoms with van der Waals surface area (Å²) in [5.41, 5.74) is 1.95. The van der Waals surface area contributed by atoms with Gasteiger partial charge >= 0.3 is 0 Å². The molecule has 0 aromatic carbocycles. The molecule has 0 radical (unpaired) electrons. The predicted octanol–water partition coefficient (Wildman–Crippen LogP) is 0.806. The van der Waals surface area contributed by atoms with E-state index in [-0.39, 0.29) is 5.91 Å². The molecule has 8 nitrogen and oxygen atoms in total. The van der Waals surface area contributed by atoms with Crippen LogP contribution in [0.3, 0.4) is 0 Å². The molecule has 0 bridgehead atoms. The Morgan fingerprint density at radius 1 is 1.28 bits per heavy atom. The van der Waals surface area contributed by atoms with Crippen LogP contribution in [0.1, 0.15) is 35.9 Å². The summed E-state index contributed by atoms with van der Waals surface area (Å²) < 4.78 is 3.91. The van der Waals surface area contributed by atoms with Crippen molar-refractivity contribution in [3.63, 3.8) is 0 Å². The Labute approximate surface area is 145 Å². The van der Waals surface area contributed by atoms with Crippen LogP contribution in [0.2, 0.25) is 0 Å². The molecule has 25 heavy (non-hydrogen) atoms. The van der Waals surface area contributed by atoms with Gasteiger partial charge in [0.25, 0.3) is 11.5 Å². The molecule has 1 fully saturated rings. The summed E-state index contributed by atoms with van der Waals surface area (Å²) >= 11 is 0. The molecule has 0 aliphatic carbocycles. The topological polar surface area (TPSA) is 83.8 Å². The van der Waals surface area contributed by atoms with Crippen molar-refractivity contribution in [3.05, 3.63) is 35.4 Å². The van der Waals surface area contributed by atoms with E-state index in [1.807, 2.05) is 42.4 Å². The normalized spacial score (nSPS) is 14.8. The summed E-state index contributed by atoms with van der Waals surface area (Å²) in [7, 11) is 1.97. The van der Waals surface area contributed by atoms with Crippen LogP contribution in [0.15, 0.2) is 12.4 Å². The van der Waals surface area contributed by atoms with Gasteiger partial charge in [0.15, 0.2) is 5.82 Å². The average Bonchev–Trinajstić information content (AvgIpc) is 3.28. The number of rotatable bonds is 4. The summed E-state index contributed by atoms with van der Waals surface area (Å²) in [6, 6.07) is 0. The third-order valence-corrected chi connectivity index (χ3v) is 4.71. The lowest BCUT2D eigenvalue weighted by Crippen LogP contribution is -2.29. The molecule has 1 aliphatic heterocycles. The van der Waals surface area contributed by atoms with Crippen molar-refractivity contribution in [2.45, 2.75) is 39.5 Å². The third kappa shape index (κ3) is 2.77. The van der Waals surface area contributed by atoms with E-state index in [1.54, 1.807) is 4.90 Å². The predicted molar refractivity (Wildman–Crippen MR) is 91.2 cm³/mol. The number of anilines is 1. The van der Waals surface area contributed by atoms with Crippen molar-refractivity contribution < 1.29 is 9.31 Å². The fourth-order valence-electron chi connectivity index (χ4n) is 3.27. The molecule has 0 saturated carbocycles.